The molecule has 4 heteroatoms. The molecular weight excluding hydrogens is 156 g/mol. The van der Waals surface area contributed by atoms with E-state index in [0.29, 0.717) is 19.7 Å². The van der Waals surface area contributed by atoms with Gasteiger partial charge in [-0.25, -0.2) is 0 Å². The van der Waals surface area contributed by atoms with Crippen molar-refractivity contribution in [3.05, 3.63) is 5.21 Å². The maximum absolute atomic E-state index is 10.9. The van der Waals surface area contributed by atoms with Crippen LogP contribution < -0.4 is 5.32 Å². The second-order valence-corrected chi connectivity index (χ2v) is 3.02. The van der Waals surface area contributed by atoms with Crippen molar-refractivity contribution in [2.75, 3.05) is 32.8 Å². The fourth-order valence-corrected chi connectivity index (χ4v) is 1.31. The Morgan fingerprint density at radius 3 is 3.17 bits per heavy atom. The predicted octanol–water partition coefficient (Wildman–Crippen LogP) is 0.185. The maximum Gasteiger partial charge on any atom is 0.0705 e. The number of rotatable bonds is 4. The molecular formula is C8H17N2O2-. The minimum Gasteiger partial charge on any atom is -0.785 e. The van der Waals surface area contributed by atoms with Crippen LogP contribution in [0.3, 0.4) is 0 Å². The third-order valence-corrected chi connectivity index (χ3v) is 1.99. The minimum absolute atomic E-state index is 0.135. The number of nitrogens with zero attached hydrogens (tertiary/aromatic N) is 1. The van der Waals surface area contributed by atoms with Gasteiger partial charge in [0.15, 0.2) is 0 Å². The van der Waals surface area contributed by atoms with E-state index in [9.17, 15) is 5.21 Å². The van der Waals surface area contributed by atoms with E-state index in [0.717, 1.165) is 24.6 Å². The summed E-state index contributed by atoms with van der Waals surface area (Å²) < 4.78 is 5.41. The Labute approximate surface area is 73.5 Å². The Morgan fingerprint density at radius 1 is 1.67 bits per heavy atom. The summed E-state index contributed by atoms with van der Waals surface area (Å²) in [6.07, 6.45) is 1.07. The summed E-state index contributed by atoms with van der Waals surface area (Å²) in [6.45, 7) is 5.63. The van der Waals surface area contributed by atoms with Crippen LogP contribution >= 0.6 is 0 Å². The van der Waals surface area contributed by atoms with E-state index in [-0.39, 0.29) is 6.10 Å². The smallest absolute Gasteiger partial charge is 0.0705 e. The van der Waals surface area contributed by atoms with Crippen molar-refractivity contribution in [2.24, 2.45) is 0 Å². The topological polar surface area (TPSA) is 47.6 Å². The first-order valence-electron chi connectivity index (χ1n) is 4.57. The van der Waals surface area contributed by atoms with Gasteiger partial charge in [0, 0.05) is 13.1 Å². The summed E-state index contributed by atoms with van der Waals surface area (Å²) >= 11 is 0. The van der Waals surface area contributed by atoms with E-state index >= 15 is 0 Å². The van der Waals surface area contributed by atoms with Crippen molar-refractivity contribution in [1.82, 2.24) is 10.4 Å². The van der Waals surface area contributed by atoms with Crippen LogP contribution in [0.25, 0.3) is 0 Å². The van der Waals surface area contributed by atoms with Crippen molar-refractivity contribution in [2.45, 2.75) is 19.4 Å². The molecule has 0 aromatic carbocycles. The summed E-state index contributed by atoms with van der Waals surface area (Å²) in [5.41, 5.74) is 0. The van der Waals surface area contributed by atoms with Crippen LogP contribution in [0.2, 0.25) is 0 Å². The molecule has 0 aromatic rings. The quantitative estimate of drug-likeness (QED) is 0.616. The van der Waals surface area contributed by atoms with Crippen LogP contribution in [0.5, 0.6) is 0 Å². The Kier molecular flexibility index (Phi) is 4.53. The summed E-state index contributed by atoms with van der Waals surface area (Å²) in [4.78, 5) is 0. The van der Waals surface area contributed by atoms with Gasteiger partial charge in [-0.3, -0.25) is 0 Å². The molecule has 0 radical (unpaired) electrons. The highest BCUT2D eigenvalue weighted by Gasteiger charge is 2.13. The van der Waals surface area contributed by atoms with Gasteiger partial charge >= 0.3 is 0 Å². The first-order valence-corrected chi connectivity index (χ1v) is 4.57. The molecule has 0 spiro atoms. The largest absolute Gasteiger partial charge is 0.785 e. The van der Waals surface area contributed by atoms with Gasteiger partial charge in [0.05, 0.1) is 12.7 Å². The van der Waals surface area contributed by atoms with E-state index in [2.05, 4.69) is 12.2 Å². The Hall–Kier alpha value is -0.160. The zero-order valence-electron chi connectivity index (χ0n) is 7.58. The summed E-state index contributed by atoms with van der Waals surface area (Å²) in [5.74, 6) is 0. The highest BCUT2D eigenvalue weighted by atomic mass is 16.5. The molecule has 0 amide bonds. The van der Waals surface area contributed by atoms with Crippen LogP contribution in [0.4, 0.5) is 0 Å². The summed E-state index contributed by atoms with van der Waals surface area (Å²) in [5, 5.41) is 15.2. The third kappa shape index (κ3) is 3.49. The second-order valence-electron chi connectivity index (χ2n) is 3.02. The van der Waals surface area contributed by atoms with E-state index in [1.54, 1.807) is 0 Å². The van der Waals surface area contributed by atoms with Gasteiger partial charge in [0.25, 0.3) is 0 Å². The van der Waals surface area contributed by atoms with Crippen molar-refractivity contribution in [1.29, 1.82) is 0 Å². The van der Waals surface area contributed by atoms with E-state index in [1.807, 2.05) is 0 Å². The Bertz CT molecular complexity index is 122. The molecule has 72 valence electrons. The fourth-order valence-electron chi connectivity index (χ4n) is 1.31. The lowest BCUT2D eigenvalue weighted by Crippen LogP contribution is -2.40. The molecule has 1 atom stereocenters. The Balaban J connectivity index is 2.06. The molecule has 1 rings (SSSR count). The van der Waals surface area contributed by atoms with Crippen LogP contribution in [0.1, 0.15) is 13.3 Å². The number of hydrogen-bond acceptors (Lipinski definition) is 4. The van der Waals surface area contributed by atoms with Gasteiger partial charge in [-0.1, -0.05) is 6.92 Å². The molecule has 1 aliphatic heterocycles. The summed E-state index contributed by atoms with van der Waals surface area (Å²) in [7, 11) is 0. The van der Waals surface area contributed by atoms with Gasteiger partial charge in [0.2, 0.25) is 0 Å². The van der Waals surface area contributed by atoms with Crippen molar-refractivity contribution in [3.63, 3.8) is 0 Å². The SMILES string of the molecule is CCNCCC1CN([O-])CCO1. The average Bonchev–Trinajstić information content (AvgIpc) is 2.05. The number of hydroxylamine groups is 2. The zero-order valence-corrected chi connectivity index (χ0v) is 7.58. The molecule has 1 heterocycles. The van der Waals surface area contributed by atoms with Gasteiger partial charge in [-0.2, -0.15) is 0 Å². The molecule has 1 unspecified atom stereocenters. The molecule has 0 aliphatic carbocycles. The standard InChI is InChI=1S/C8H17N2O2/c1-2-9-4-3-8-7-10(11)5-6-12-8/h8-9H,2-7H2,1H3/q-1. The fraction of sp³-hybridized carbons (Fsp3) is 1.00. The number of nitrogens with one attached hydrogen (secondary N) is 1. The van der Waals surface area contributed by atoms with E-state index < -0.39 is 0 Å². The molecule has 4 nitrogen and oxygen atoms in total. The van der Waals surface area contributed by atoms with Gasteiger partial charge in [0.1, 0.15) is 0 Å². The lowest BCUT2D eigenvalue weighted by atomic mass is 10.2. The van der Waals surface area contributed by atoms with Crippen molar-refractivity contribution in [3.8, 4) is 0 Å². The highest BCUT2D eigenvalue weighted by Crippen LogP contribution is 2.06. The molecule has 1 saturated heterocycles. The Morgan fingerprint density at radius 2 is 2.50 bits per heavy atom. The van der Waals surface area contributed by atoms with Crippen LogP contribution in [-0.4, -0.2) is 44.0 Å². The zero-order chi connectivity index (χ0) is 8.81. The monoisotopic (exact) mass is 173 g/mol. The molecule has 0 saturated carbocycles. The van der Waals surface area contributed by atoms with Gasteiger partial charge < -0.3 is 20.3 Å². The van der Waals surface area contributed by atoms with Gasteiger partial charge in [-0.05, 0) is 19.5 Å². The average molecular weight is 173 g/mol. The second kappa shape index (κ2) is 5.48. The minimum atomic E-state index is 0.135. The van der Waals surface area contributed by atoms with Crippen molar-refractivity contribution >= 4 is 0 Å². The van der Waals surface area contributed by atoms with E-state index in [1.165, 1.54) is 0 Å². The van der Waals surface area contributed by atoms with Crippen LogP contribution in [0.15, 0.2) is 0 Å². The van der Waals surface area contributed by atoms with Gasteiger partial charge in [-0.15, -0.1) is 0 Å². The molecule has 0 bridgehead atoms. The summed E-state index contributed by atoms with van der Waals surface area (Å²) in [6, 6.07) is 0. The normalized spacial score (nSPS) is 26.0. The number of ether oxygens (including phenoxy) is 1. The van der Waals surface area contributed by atoms with Crippen LogP contribution in [0, 0.1) is 5.21 Å². The predicted molar refractivity (Wildman–Crippen MR) is 47.8 cm³/mol. The number of hydrogen-bond donors (Lipinski definition) is 1. The maximum atomic E-state index is 10.9. The number of morpholine rings is 1. The van der Waals surface area contributed by atoms with E-state index in [4.69, 9.17) is 4.74 Å². The highest BCUT2D eigenvalue weighted by molar-refractivity contribution is 4.71. The third-order valence-electron chi connectivity index (χ3n) is 1.99. The lowest BCUT2D eigenvalue weighted by molar-refractivity contribution is -0.0158. The molecule has 1 N–H and O–H groups in total. The molecule has 0 aromatic heterocycles. The van der Waals surface area contributed by atoms with Crippen LogP contribution in [-0.2, 0) is 4.74 Å². The van der Waals surface area contributed by atoms with Crippen molar-refractivity contribution < 1.29 is 4.74 Å². The molecule has 12 heavy (non-hydrogen) atoms. The first kappa shape index (κ1) is 9.92. The lowest BCUT2D eigenvalue weighted by Gasteiger charge is -2.37. The molecule has 1 aliphatic rings. The molecule has 1 fully saturated rings. The first-order chi connectivity index (χ1) is 5.83.